The highest BCUT2D eigenvalue weighted by Crippen LogP contribution is 2.28. The summed E-state index contributed by atoms with van der Waals surface area (Å²) in [5.74, 6) is 1.09. The lowest BCUT2D eigenvalue weighted by atomic mass is 10.1. The monoisotopic (exact) mass is 230 g/mol. The van der Waals surface area contributed by atoms with Gasteiger partial charge in [0.1, 0.15) is 11.9 Å². The third kappa shape index (κ3) is 2.98. The smallest absolute Gasteiger partial charge is 0.123 e. The molecule has 3 heteroatoms. The second kappa shape index (κ2) is 5.20. The molecule has 3 nitrogen and oxygen atoms in total. The molecule has 0 spiro atoms. The molecule has 1 heterocycles. The highest BCUT2D eigenvalue weighted by molar-refractivity contribution is 5.37. The first-order chi connectivity index (χ1) is 8.19. The van der Waals surface area contributed by atoms with Crippen LogP contribution in [0, 0.1) is 17.2 Å². The van der Waals surface area contributed by atoms with E-state index in [1.807, 2.05) is 32.2 Å². The van der Waals surface area contributed by atoms with E-state index < -0.39 is 0 Å². The number of nitriles is 1. The molecule has 0 saturated heterocycles. The van der Waals surface area contributed by atoms with E-state index in [2.05, 4.69) is 17.0 Å². The van der Waals surface area contributed by atoms with Crippen LogP contribution in [-0.4, -0.2) is 31.1 Å². The van der Waals surface area contributed by atoms with Gasteiger partial charge in [0, 0.05) is 19.5 Å². The first kappa shape index (κ1) is 11.9. The van der Waals surface area contributed by atoms with Crippen molar-refractivity contribution in [2.24, 2.45) is 5.92 Å². The summed E-state index contributed by atoms with van der Waals surface area (Å²) in [6.07, 6.45) is 1.20. The van der Waals surface area contributed by atoms with E-state index in [1.165, 1.54) is 5.56 Å². The number of rotatable bonds is 4. The zero-order valence-corrected chi connectivity index (χ0v) is 10.4. The van der Waals surface area contributed by atoms with Crippen LogP contribution >= 0.6 is 0 Å². The summed E-state index contributed by atoms with van der Waals surface area (Å²) < 4.78 is 5.87. The quantitative estimate of drug-likeness (QED) is 0.794. The summed E-state index contributed by atoms with van der Waals surface area (Å²) in [7, 11) is 2.04. The Hall–Kier alpha value is -1.53. The van der Waals surface area contributed by atoms with E-state index >= 15 is 0 Å². The maximum absolute atomic E-state index is 8.78. The zero-order valence-electron chi connectivity index (χ0n) is 10.4. The SMILES string of the molecule is CC(C#N)CN(C)CC1Cc2ccccc2O1. The number of hydrogen-bond donors (Lipinski definition) is 0. The lowest BCUT2D eigenvalue weighted by Gasteiger charge is -2.21. The molecule has 2 unspecified atom stereocenters. The second-order valence-electron chi connectivity index (χ2n) is 4.80. The van der Waals surface area contributed by atoms with Crippen molar-refractivity contribution in [3.05, 3.63) is 29.8 Å². The molecule has 1 aliphatic rings. The molecule has 0 radical (unpaired) electrons. The van der Waals surface area contributed by atoms with E-state index in [0.717, 1.165) is 25.3 Å². The fourth-order valence-electron chi connectivity index (χ4n) is 2.29. The Bertz CT molecular complexity index is 399. The molecule has 90 valence electrons. The minimum absolute atomic E-state index is 0.0729. The van der Waals surface area contributed by atoms with Gasteiger partial charge in [0.15, 0.2) is 0 Å². The van der Waals surface area contributed by atoms with Crippen LogP contribution in [0.1, 0.15) is 12.5 Å². The molecule has 0 fully saturated rings. The van der Waals surface area contributed by atoms with Crippen molar-refractivity contribution in [3.8, 4) is 11.8 Å². The number of hydrogen-bond acceptors (Lipinski definition) is 3. The second-order valence-corrected chi connectivity index (χ2v) is 4.80. The van der Waals surface area contributed by atoms with Crippen molar-refractivity contribution in [3.63, 3.8) is 0 Å². The molecule has 2 atom stereocenters. The van der Waals surface area contributed by atoms with Gasteiger partial charge in [0.2, 0.25) is 0 Å². The van der Waals surface area contributed by atoms with Gasteiger partial charge in [-0.05, 0) is 25.6 Å². The highest BCUT2D eigenvalue weighted by atomic mass is 16.5. The van der Waals surface area contributed by atoms with Crippen molar-refractivity contribution >= 4 is 0 Å². The van der Waals surface area contributed by atoms with Crippen molar-refractivity contribution in [2.75, 3.05) is 20.1 Å². The van der Waals surface area contributed by atoms with Gasteiger partial charge in [0.05, 0.1) is 12.0 Å². The van der Waals surface area contributed by atoms with Gasteiger partial charge in [-0.25, -0.2) is 0 Å². The number of benzene rings is 1. The van der Waals surface area contributed by atoms with Gasteiger partial charge in [-0.1, -0.05) is 18.2 Å². The summed E-state index contributed by atoms with van der Waals surface area (Å²) in [5, 5.41) is 8.78. The van der Waals surface area contributed by atoms with Crippen LogP contribution in [0.2, 0.25) is 0 Å². The highest BCUT2D eigenvalue weighted by Gasteiger charge is 2.23. The molecule has 0 aliphatic carbocycles. The molecule has 0 bridgehead atoms. The van der Waals surface area contributed by atoms with Gasteiger partial charge in [-0.2, -0.15) is 5.26 Å². The number of likely N-dealkylation sites (N-methyl/N-ethyl adjacent to an activating group) is 1. The molecule has 1 aliphatic heterocycles. The van der Waals surface area contributed by atoms with Gasteiger partial charge in [0.25, 0.3) is 0 Å². The topological polar surface area (TPSA) is 36.3 Å². The summed E-state index contributed by atoms with van der Waals surface area (Å²) in [6.45, 7) is 3.62. The Morgan fingerprint density at radius 1 is 1.53 bits per heavy atom. The van der Waals surface area contributed by atoms with E-state index in [1.54, 1.807) is 0 Å². The van der Waals surface area contributed by atoms with Crippen LogP contribution < -0.4 is 4.74 Å². The lowest BCUT2D eigenvalue weighted by Crippen LogP contribution is -2.34. The van der Waals surface area contributed by atoms with E-state index in [9.17, 15) is 0 Å². The van der Waals surface area contributed by atoms with Crippen LogP contribution in [0.25, 0.3) is 0 Å². The summed E-state index contributed by atoms with van der Waals surface area (Å²) in [5.41, 5.74) is 1.29. The maximum Gasteiger partial charge on any atom is 0.123 e. The molecule has 1 aromatic rings. The molecule has 0 N–H and O–H groups in total. The number of fused-ring (bicyclic) bond motifs is 1. The average molecular weight is 230 g/mol. The summed E-state index contributed by atoms with van der Waals surface area (Å²) in [6, 6.07) is 10.4. The summed E-state index contributed by atoms with van der Waals surface area (Å²) >= 11 is 0. The van der Waals surface area contributed by atoms with E-state index in [4.69, 9.17) is 10.00 Å². The molecule has 1 aromatic carbocycles. The Morgan fingerprint density at radius 3 is 3.00 bits per heavy atom. The van der Waals surface area contributed by atoms with Crippen LogP contribution in [0.3, 0.4) is 0 Å². The molecule has 0 saturated carbocycles. The standard InChI is InChI=1S/C14H18N2O/c1-11(8-15)9-16(2)10-13-7-12-5-3-4-6-14(12)17-13/h3-6,11,13H,7,9-10H2,1-2H3. The Morgan fingerprint density at radius 2 is 2.29 bits per heavy atom. The van der Waals surface area contributed by atoms with Crippen molar-refractivity contribution in [2.45, 2.75) is 19.4 Å². The fourth-order valence-corrected chi connectivity index (χ4v) is 2.29. The fraction of sp³-hybridized carbons (Fsp3) is 0.500. The largest absolute Gasteiger partial charge is 0.488 e. The zero-order chi connectivity index (χ0) is 12.3. The molecular formula is C14H18N2O. The Kier molecular flexibility index (Phi) is 3.65. The van der Waals surface area contributed by atoms with Crippen LogP contribution in [0.15, 0.2) is 24.3 Å². The molecule has 0 aromatic heterocycles. The summed E-state index contributed by atoms with van der Waals surface area (Å²) in [4.78, 5) is 2.17. The number of ether oxygens (including phenoxy) is 1. The minimum atomic E-state index is 0.0729. The predicted molar refractivity (Wildman–Crippen MR) is 66.8 cm³/mol. The number of para-hydroxylation sites is 1. The van der Waals surface area contributed by atoms with E-state index in [0.29, 0.717) is 0 Å². The Labute approximate surface area is 103 Å². The van der Waals surface area contributed by atoms with Crippen molar-refractivity contribution in [1.82, 2.24) is 4.90 Å². The molecule has 17 heavy (non-hydrogen) atoms. The third-order valence-corrected chi connectivity index (χ3v) is 3.04. The predicted octanol–water partition coefficient (Wildman–Crippen LogP) is 2.08. The Balaban J connectivity index is 1.86. The lowest BCUT2D eigenvalue weighted by molar-refractivity contribution is 0.163. The minimum Gasteiger partial charge on any atom is -0.488 e. The maximum atomic E-state index is 8.78. The van der Waals surface area contributed by atoms with E-state index in [-0.39, 0.29) is 12.0 Å². The van der Waals surface area contributed by atoms with Crippen molar-refractivity contribution in [1.29, 1.82) is 5.26 Å². The molecule has 2 rings (SSSR count). The van der Waals surface area contributed by atoms with Gasteiger partial charge < -0.3 is 9.64 Å². The number of nitrogens with zero attached hydrogens (tertiary/aromatic N) is 2. The van der Waals surface area contributed by atoms with Gasteiger partial charge in [-0.15, -0.1) is 0 Å². The first-order valence-electron chi connectivity index (χ1n) is 6.01. The van der Waals surface area contributed by atoms with Crippen molar-refractivity contribution < 1.29 is 4.74 Å². The average Bonchev–Trinajstić information content (AvgIpc) is 2.70. The van der Waals surface area contributed by atoms with Gasteiger partial charge >= 0.3 is 0 Å². The van der Waals surface area contributed by atoms with Crippen LogP contribution in [0.4, 0.5) is 0 Å². The normalized spacial score (nSPS) is 19.5. The van der Waals surface area contributed by atoms with Crippen LogP contribution in [0.5, 0.6) is 5.75 Å². The van der Waals surface area contributed by atoms with Crippen LogP contribution in [-0.2, 0) is 6.42 Å². The van der Waals surface area contributed by atoms with Gasteiger partial charge in [-0.3, -0.25) is 0 Å². The molecular weight excluding hydrogens is 212 g/mol. The third-order valence-electron chi connectivity index (χ3n) is 3.04. The first-order valence-corrected chi connectivity index (χ1v) is 6.01. The molecule has 0 amide bonds.